The van der Waals surface area contributed by atoms with E-state index in [9.17, 15) is 0 Å². The Morgan fingerprint density at radius 2 is 0.697 bits per heavy atom. The maximum absolute atomic E-state index is 5.54. The zero-order valence-electron chi connectivity index (χ0n) is 20.7. The van der Waals surface area contributed by atoms with Gasteiger partial charge in [0.2, 0.25) is 0 Å². The molecular weight excluding hydrogens is 545 g/mol. The van der Waals surface area contributed by atoms with Crippen LogP contribution in [0.25, 0.3) is 0 Å². The van der Waals surface area contributed by atoms with Crippen LogP contribution >= 0.6 is 22.6 Å². The van der Waals surface area contributed by atoms with Gasteiger partial charge in [-0.25, -0.2) is 0 Å². The van der Waals surface area contributed by atoms with E-state index in [1.54, 1.807) is 0 Å². The smallest absolute Gasteiger partial charge is 0.0701 e. The number of hydrogen-bond acceptors (Lipinski definition) is 9. The van der Waals surface area contributed by atoms with Gasteiger partial charge in [-0.05, 0) is 24.3 Å². The van der Waals surface area contributed by atoms with Crippen molar-refractivity contribution in [2.24, 2.45) is 0 Å². The predicted molar refractivity (Wildman–Crippen MR) is 138 cm³/mol. The summed E-state index contributed by atoms with van der Waals surface area (Å²) in [7, 11) is 1.90. The van der Waals surface area contributed by atoms with Crippen molar-refractivity contribution in [1.82, 2.24) is 5.32 Å². The summed E-state index contributed by atoms with van der Waals surface area (Å²) in [5, 5.41) is 3.02. The van der Waals surface area contributed by atoms with E-state index in [2.05, 4.69) is 27.9 Å². The fourth-order valence-electron chi connectivity index (χ4n) is 2.47. The number of halogens is 1. The van der Waals surface area contributed by atoms with Crippen LogP contribution in [0.2, 0.25) is 0 Å². The van der Waals surface area contributed by atoms with Gasteiger partial charge in [-0.3, -0.25) is 0 Å². The van der Waals surface area contributed by atoms with Crippen LogP contribution in [0.15, 0.2) is 0 Å². The van der Waals surface area contributed by atoms with Gasteiger partial charge in [0.15, 0.2) is 0 Å². The zero-order chi connectivity index (χ0) is 23.9. The molecule has 10 heteroatoms. The van der Waals surface area contributed by atoms with Crippen molar-refractivity contribution >= 4 is 22.6 Å². The summed E-state index contributed by atoms with van der Waals surface area (Å²) in [5.74, 6) is 0. The highest BCUT2D eigenvalue weighted by Crippen LogP contribution is 2.02. The highest BCUT2D eigenvalue weighted by Gasteiger charge is 1.95. The molecule has 200 valence electrons. The number of unbranched alkanes of at least 4 members (excludes halogenated alkanes) is 3. The van der Waals surface area contributed by atoms with Crippen LogP contribution < -0.4 is 5.32 Å². The fourth-order valence-corrected chi connectivity index (χ4v) is 3.01. The molecule has 0 saturated heterocycles. The predicted octanol–water partition coefficient (Wildman–Crippen LogP) is 2.33. The minimum Gasteiger partial charge on any atom is -0.379 e. The third-order valence-electron chi connectivity index (χ3n) is 4.27. The van der Waals surface area contributed by atoms with Crippen LogP contribution in [0, 0.1) is 0 Å². The standard InChI is InChI=1S/C23H48INO8/c1-25-7-9-27-11-13-29-15-17-31-19-21-33-23-22-32-20-18-30-16-14-28-12-10-26-8-5-3-2-4-6-24/h25H,2-23H2,1H3. The van der Waals surface area contributed by atoms with E-state index in [-0.39, 0.29) is 0 Å². The molecule has 0 aromatic rings. The Morgan fingerprint density at radius 3 is 1.03 bits per heavy atom. The molecule has 0 aromatic heterocycles. The summed E-state index contributed by atoms with van der Waals surface area (Å²) in [4.78, 5) is 0. The number of hydrogen-bond donors (Lipinski definition) is 1. The summed E-state index contributed by atoms with van der Waals surface area (Å²) in [6, 6.07) is 0. The van der Waals surface area contributed by atoms with E-state index < -0.39 is 0 Å². The van der Waals surface area contributed by atoms with Gasteiger partial charge < -0.3 is 43.2 Å². The molecule has 9 nitrogen and oxygen atoms in total. The van der Waals surface area contributed by atoms with Gasteiger partial charge in [-0.1, -0.05) is 35.4 Å². The minimum absolute atomic E-state index is 0.547. The average Bonchev–Trinajstić information content (AvgIpc) is 2.83. The second-order valence-corrected chi connectivity index (χ2v) is 8.18. The first-order valence-corrected chi connectivity index (χ1v) is 13.8. The van der Waals surface area contributed by atoms with Gasteiger partial charge in [-0.2, -0.15) is 0 Å². The number of likely N-dealkylation sites (N-methyl/N-ethyl adjacent to an activating group) is 1. The molecular formula is C23H48INO8. The second kappa shape index (κ2) is 32.4. The number of rotatable bonds is 30. The van der Waals surface area contributed by atoms with Crippen LogP contribution in [-0.2, 0) is 37.9 Å². The van der Waals surface area contributed by atoms with E-state index in [1.807, 2.05) is 7.05 Å². The molecule has 0 aliphatic heterocycles. The monoisotopic (exact) mass is 593 g/mol. The van der Waals surface area contributed by atoms with Crippen molar-refractivity contribution in [3.05, 3.63) is 0 Å². The molecule has 0 aliphatic rings. The van der Waals surface area contributed by atoms with Gasteiger partial charge in [-0.15, -0.1) is 0 Å². The molecule has 0 radical (unpaired) electrons. The van der Waals surface area contributed by atoms with Crippen LogP contribution in [0.4, 0.5) is 0 Å². The summed E-state index contributed by atoms with van der Waals surface area (Å²) < 4.78 is 44.8. The first-order valence-electron chi connectivity index (χ1n) is 12.2. The lowest BCUT2D eigenvalue weighted by molar-refractivity contribution is -0.0230. The Kier molecular flexibility index (Phi) is 32.7. The van der Waals surface area contributed by atoms with Crippen molar-refractivity contribution in [2.75, 3.05) is 124 Å². The Bertz CT molecular complexity index is 316. The van der Waals surface area contributed by atoms with Crippen molar-refractivity contribution in [1.29, 1.82) is 0 Å². The maximum Gasteiger partial charge on any atom is 0.0701 e. The Morgan fingerprint density at radius 1 is 0.394 bits per heavy atom. The second-order valence-electron chi connectivity index (χ2n) is 7.11. The van der Waals surface area contributed by atoms with E-state index in [4.69, 9.17) is 37.9 Å². The molecule has 0 unspecified atom stereocenters. The maximum atomic E-state index is 5.54. The molecule has 0 aliphatic carbocycles. The van der Waals surface area contributed by atoms with Crippen molar-refractivity contribution in [3.8, 4) is 0 Å². The molecule has 0 saturated carbocycles. The minimum atomic E-state index is 0.547. The number of nitrogens with one attached hydrogen (secondary N) is 1. The average molecular weight is 594 g/mol. The van der Waals surface area contributed by atoms with Gasteiger partial charge in [0.05, 0.1) is 99.1 Å². The lowest BCUT2D eigenvalue weighted by Gasteiger charge is -2.08. The Balaban J connectivity index is 2.99. The first-order chi connectivity index (χ1) is 16.4. The van der Waals surface area contributed by atoms with Crippen molar-refractivity contribution < 1.29 is 37.9 Å². The SMILES string of the molecule is CNCCOCCOCCOCCOCCOCCOCCOCCOCCCCCCI. The fraction of sp³-hybridized carbons (Fsp3) is 1.00. The van der Waals surface area contributed by atoms with Crippen LogP contribution in [0.3, 0.4) is 0 Å². The molecule has 0 amide bonds. The lowest BCUT2D eigenvalue weighted by atomic mass is 10.2. The van der Waals surface area contributed by atoms with E-state index in [0.29, 0.717) is 99.1 Å². The normalized spacial score (nSPS) is 11.5. The molecule has 33 heavy (non-hydrogen) atoms. The molecule has 0 rings (SSSR count). The third-order valence-corrected chi connectivity index (χ3v) is 5.04. The Labute approximate surface area is 214 Å². The zero-order valence-corrected chi connectivity index (χ0v) is 22.9. The lowest BCUT2D eigenvalue weighted by Crippen LogP contribution is -2.17. The van der Waals surface area contributed by atoms with Crippen LogP contribution in [-0.4, -0.2) is 124 Å². The van der Waals surface area contributed by atoms with E-state index in [1.165, 1.54) is 23.7 Å². The molecule has 0 atom stereocenters. The largest absolute Gasteiger partial charge is 0.379 e. The summed E-state index contributed by atoms with van der Waals surface area (Å²) in [6.07, 6.45) is 5.01. The highest BCUT2D eigenvalue weighted by molar-refractivity contribution is 14.1. The third kappa shape index (κ3) is 32.4. The summed E-state index contributed by atoms with van der Waals surface area (Å²) in [5.41, 5.74) is 0. The van der Waals surface area contributed by atoms with Gasteiger partial charge in [0.1, 0.15) is 0 Å². The summed E-state index contributed by atoms with van der Waals surface area (Å²) >= 11 is 2.42. The first kappa shape index (κ1) is 33.4. The molecule has 0 bridgehead atoms. The van der Waals surface area contributed by atoms with Gasteiger partial charge >= 0.3 is 0 Å². The highest BCUT2D eigenvalue weighted by atomic mass is 127. The topological polar surface area (TPSA) is 85.9 Å². The molecule has 0 aromatic carbocycles. The summed E-state index contributed by atoms with van der Waals surface area (Å²) in [6.45, 7) is 10.4. The van der Waals surface area contributed by atoms with E-state index >= 15 is 0 Å². The molecule has 0 fully saturated rings. The van der Waals surface area contributed by atoms with Crippen LogP contribution in [0.1, 0.15) is 25.7 Å². The van der Waals surface area contributed by atoms with Gasteiger partial charge in [0.25, 0.3) is 0 Å². The molecule has 0 spiro atoms. The van der Waals surface area contributed by atoms with Crippen LogP contribution in [0.5, 0.6) is 0 Å². The van der Waals surface area contributed by atoms with E-state index in [0.717, 1.165) is 19.6 Å². The van der Waals surface area contributed by atoms with Crippen molar-refractivity contribution in [3.63, 3.8) is 0 Å². The van der Waals surface area contributed by atoms with Gasteiger partial charge in [0, 0.05) is 13.2 Å². The van der Waals surface area contributed by atoms with Crippen molar-refractivity contribution in [2.45, 2.75) is 25.7 Å². The number of alkyl halides is 1. The molecule has 0 heterocycles. The molecule has 1 N–H and O–H groups in total. The quantitative estimate of drug-likeness (QED) is 0.0767. The number of ether oxygens (including phenoxy) is 8. The Hall–Kier alpha value is 0.370.